The Balaban J connectivity index is 1.61. The van der Waals surface area contributed by atoms with Crippen LogP contribution in [0.5, 0.6) is 11.5 Å². The molecule has 9 nitrogen and oxygen atoms in total. The summed E-state index contributed by atoms with van der Waals surface area (Å²) < 4.78 is 30.1. The van der Waals surface area contributed by atoms with Crippen molar-refractivity contribution in [2.45, 2.75) is 13.0 Å². The van der Waals surface area contributed by atoms with Gasteiger partial charge in [0.05, 0.1) is 26.5 Å². The third-order valence-electron chi connectivity index (χ3n) is 6.16. The molecule has 2 heterocycles. The van der Waals surface area contributed by atoms with Crippen LogP contribution in [0, 0.1) is 11.7 Å². The third-order valence-corrected chi connectivity index (χ3v) is 6.16. The quantitative estimate of drug-likeness (QED) is 0.497. The van der Waals surface area contributed by atoms with Crippen molar-refractivity contribution < 1.29 is 28.2 Å². The number of esters is 1. The molecule has 2 aromatic rings. The second kappa shape index (κ2) is 10.6. The van der Waals surface area contributed by atoms with Crippen molar-refractivity contribution in [3.05, 3.63) is 53.8 Å². The van der Waals surface area contributed by atoms with Gasteiger partial charge >= 0.3 is 5.97 Å². The summed E-state index contributed by atoms with van der Waals surface area (Å²) in [5.41, 5.74) is 1.17. The molecular formula is C25H29FN4O5. The lowest BCUT2D eigenvalue weighted by Crippen LogP contribution is -2.57. The predicted octanol–water partition coefficient (Wildman–Crippen LogP) is 2.37. The van der Waals surface area contributed by atoms with E-state index >= 15 is 0 Å². The van der Waals surface area contributed by atoms with Crippen LogP contribution in [0.4, 0.5) is 10.1 Å². The maximum Gasteiger partial charge on any atom is 0.321 e. The van der Waals surface area contributed by atoms with Crippen LogP contribution in [-0.4, -0.2) is 69.7 Å². The van der Waals surface area contributed by atoms with Gasteiger partial charge in [-0.1, -0.05) is 18.2 Å². The first kappa shape index (κ1) is 24.3. The van der Waals surface area contributed by atoms with E-state index in [4.69, 9.17) is 19.2 Å². The van der Waals surface area contributed by atoms with Gasteiger partial charge in [-0.2, -0.15) is 0 Å². The highest BCUT2D eigenvalue weighted by Crippen LogP contribution is 2.36. The minimum absolute atomic E-state index is 0.149. The molecule has 1 fully saturated rings. The van der Waals surface area contributed by atoms with E-state index in [-0.39, 0.29) is 12.4 Å². The molecule has 0 aliphatic carbocycles. The topological polar surface area (TPSA) is 92.7 Å². The standard InChI is InChI=1S/C25H29FN4O5/c1-4-35-24(32)21-22(16-9-10-19(33-2)20(15-16)34-3)27-25(28-23(21)31)30-13-11-29(12-14-30)18-8-6-5-7-17(18)26/h5-10,15,21-22H,4,11-14H2,1-3H3,(H,27,28,31)/t21-,22-/m1/s1. The molecule has 35 heavy (non-hydrogen) atoms. The Kier molecular flexibility index (Phi) is 7.38. The summed E-state index contributed by atoms with van der Waals surface area (Å²) >= 11 is 0. The number of guanidine groups is 1. The smallest absolute Gasteiger partial charge is 0.321 e. The highest BCUT2D eigenvalue weighted by atomic mass is 19.1. The Morgan fingerprint density at radius 2 is 1.74 bits per heavy atom. The van der Waals surface area contributed by atoms with Crippen molar-refractivity contribution in [2.75, 3.05) is 51.9 Å². The van der Waals surface area contributed by atoms with Gasteiger partial charge in [0.15, 0.2) is 17.4 Å². The molecule has 0 bridgehead atoms. The number of hydrogen-bond donors (Lipinski definition) is 1. The number of piperazine rings is 1. The van der Waals surface area contributed by atoms with Crippen LogP contribution >= 0.6 is 0 Å². The van der Waals surface area contributed by atoms with Gasteiger partial charge in [0.25, 0.3) is 0 Å². The Morgan fingerprint density at radius 1 is 1.06 bits per heavy atom. The van der Waals surface area contributed by atoms with Gasteiger partial charge < -0.3 is 24.0 Å². The molecule has 2 aliphatic heterocycles. The van der Waals surface area contributed by atoms with Gasteiger partial charge in [0.1, 0.15) is 11.9 Å². The van der Waals surface area contributed by atoms with Gasteiger partial charge in [-0.15, -0.1) is 0 Å². The molecule has 0 radical (unpaired) electrons. The van der Waals surface area contributed by atoms with Gasteiger partial charge in [0, 0.05) is 26.2 Å². The number of amides is 1. The molecule has 1 amide bonds. The Bertz CT molecular complexity index is 1120. The van der Waals surface area contributed by atoms with E-state index in [1.807, 2.05) is 9.80 Å². The van der Waals surface area contributed by atoms with Crippen molar-refractivity contribution in [1.29, 1.82) is 0 Å². The number of anilines is 1. The summed E-state index contributed by atoms with van der Waals surface area (Å²) in [6.45, 7) is 3.99. The normalized spacial score (nSPS) is 20.1. The minimum atomic E-state index is -1.14. The van der Waals surface area contributed by atoms with E-state index in [0.29, 0.717) is 54.9 Å². The monoisotopic (exact) mass is 484 g/mol. The third kappa shape index (κ3) is 5.01. The van der Waals surface area contributed by atoms with Gasteiger partial charge in [-0.05, 0) is 36.8 Å². The molecule has 2 aromatic carbocycles. The number of nitrogens with one attached hydrogen (secondary N) is 1. The summed E-state index contributed by atoms with van der Waals surface area (Å²) in [6.07, 6.45) is 0. The lowest BCUT2D eigenvalue weighted by atomic mass is 9.91. The van der Waals surface area contributed by atoms with Crippen molar-refractivity contribution in [3.8, 4) is 11.5 Å². The average Bonchev–Trinajstić information content (AvgIpc) is 2.88. The molecule has 2 aliphatic rings. The molecule has 186 valence electrons. The minimum Gasteiger partial charge on any atom is -0.493 e. The first-order valence-electron chi connectivity index (χ1n) is 11.5. The fourth-order valence-electron chi connectivity index (χ4n) is 4.37. The van der Waals surface area contributed by atoms with Crippen LogP contribution in [0.3, 0.4) is 0 Å². The number of nitrogens with zero attached hydrogens (tertiary/aromatic N) is 3. The Labute approximate surface area is 203 Å². The molecule has 0 saturated carbocycles. The van der Waals surface area contributed by atoms with Crippen LogP contribution in [0.25, 0.3) is 0 Å². The molecule has 2 atom stereocenters. The average molecular weight is 485 g/mol. The van der Waals surface area contributed by atoms with E-state index in [1.165, 1.54) is 20.3 Å². The molecule has 1 N–H and O–H groups in total. The summed E-state index contributed by atoms with van der Waals surface area (Å²) in [7, 11) is 3.05. The lowest BCUT2D eigenvalue weighted by molar-refractivity contribution is -0.153. The van der Waals surface area contributed by atoms with Crippen molar-refractivity contribution in [3.63, 3.8) is 0 Å². The van der Waals surface area contributed by atoms with Gasteiger partial charge in [-0.3, -0.25) is 14.9 Å². The number of ether oxygens (including phenoxy) is 3. The van der Waals surface area contributed by atoms with Crippen LogP contribution in [0.2, 0.25) is 0 Å². The van der Waals surface area contributed by atoms with Crippen molar-refractivity contribution >= 4 is 23.5 Å². The molecule has 10 heteroatoms. The van der Waals surface area contributed by atoms with Crippen LogP contribution in [0.1, 0.15) is 18.5 Å². The summed E-state index contributed by atoms with van der Waals surface area (Å²) in [4.78, 5) is 34.5. The lowest BCUT2D eigenvalue weighted by Gasteiger charge is -2.39. The second-order valence-electron chi connectivity index (χ2n) is 8.16. The maximum atomic E-state index is 14.2. The molecule has 0 aromatic heterocycles. The largest absolute Gasteiger partial charge is 0.493 e. The van der Waals surface area contributed by atoms with Gasteiger partial charge in [0.2, 0.25) is 11.9 Å². The van der Waals surface area contributed by atoms with Crippen molar-refractivity contribution in [2.24, 2.45) is 10.9 Å². The summed E-state index contributed by atoms with van der Waals surface area (Å²) in [5.74, 6) is -1.16. The van der Waals surface area contributed by atoms with Gasteiger partial charge in [-0.25, -0.2) is 9.38 Å². The zero-order valence-corrected chi connectivity index (χ0v) is 20.0. The SMILES string of the molecule is CCOC(=O)[C@H]1C(=O)NC(N2CCN(c3ccccc3F)CC2)=N[C@@H]1c1ccc(OC)c(OC)c1. The zero-order valence-electron chi connectivity index (χ0n) is 20.0. The molecule has 1 saturated heterocycles. The number of hydrogen-bond acceptors (Lipinski definition) is 8. The fourth-order valence-corrected chi connectivity index (χ4v) is 4.37. The second-order valence-corrected chi connectivity index (χ2v) is 8.16. The number of carbonyl (C=O) groups excluding carboxylic acids is 2. The number of aliphatic imine (C=N–C) groups is 1. The fraction of sp³-hybridized carbons (Fsp3) is 0.400. The van der Waals surface area contributed by atoms with Crippen molar-refractivity contribution in [1.82, 2.24) is 10.2 Å². The predicted molar refractivity (Wildman–Crippen MR) is 128 cm³/mol. The Hall–Kier alpha value is -3.82. The zero-order chi connectivity index (χ0) is 24.9. The molecule has 0 spiro atoms. The first-order chi connectivity index (χ1) is 17.0. The van der Waals surface area contributed by atoms with E-state index in [1.54, 1.807) is 43.3 Å². The number of rotatable bonds is 6. The number of benzene rings is 2. The van der Waals surface area contributed by atoms with E-state index in [9.17, 15) is 14.0 Å². The van der Waals surface area contributed by atoms with Crippen LogP contribution in [0.15, 0.2) is 47.5 Å². The number of para-hydroxylation sites is 1. The Morgan fingerprint density at radius 3 is 2.40 bits per heavy atom. The number of carbonyl (C=O) groups is 2. The van der Waals surface area contributed by atoms with E-state index in [2.05, 4.69) is 5.32 Å². The number of methoxy groups -OCH3 is 2. The summed E-state index contributed by atoms with van der Waals surface area (Å²) in [5, 5.41) is 2.78. The van der Waals surface area contributed by atoms with E-state index in [0.717, 1.165) is 0 Å². The molecule has 0 unspecified atom stereocenters. The van der Waals surface area contributed by atoms with E-state index < -0.39 is 23.8 Å². The molecular weight excluding hydrogens is 455 g/mol. The summed E-state index contributed by atoms with van der Waals surface area (Å²) in [6, 6.07) is 11.0. The number of halogens is 1. The highest BCUT2D eigenvalue weighted by molar-refractivity contribution is 6.08. The van der Waals surface area contributed by atoms with Crippen LogP contribution in [-0.2, 0) is 14.3 Å². The first-order valence-corrected chi connectivity index (χ1v) is 11.5. The molecule has 4 rings (SSSR count). The van der Waals surface area contributed by atoms with Crippen LogP contribution < -0.4 is 19.7 Å². The maximum absolute atomic E-state index is 14.2. The highest BCUT2D eigenvalue weighted by Gasteiger charge is 2.42.